The molecule has 0 bridgehead atoms. The van der Waals surface area contributed by atoms with Gasteiger partial charge in [-0.05, 0) is 30.2 Å². The third kappa shape index (κ3) is 6.37. The zero-order valence-electron chi connectivity index (χ0n) is 17.0. The molecule has 0 aliphatic carbocycles. The second-order valence-electron chi connectivity index (χ2n) is 7.28. The number of amides is 1. The number of fused-ring (bicyclic) bond motifs is 1. The number of benzene rings is 1. The number of carboxylic acids is 1. The van der Waals surface area contributed by atoms with E-state index in [1.165, 1.54) is 6.20 Å². The average molecular weight is 527 g/mol. The number of carboxylic acid groups (broad SMARTS) is 1. The fourth-order valence-electron chi connectivity index (χ4n) is 3.29. The number of carbonyl (C=O) groups is 2. The Labute approximate surface area is 193 Å². The van der Waals surface area contributed by atoms with Gasteiger partial charge in [0.2, 0.25) is 5.91 Å². The van der Waals surface area contributed by atoms with E-state index in [1.807, 2.05) is 29.2 Å². The number of halogens is 4. The van der Waals surface area contributed by atoms with Crippen LogP contribution in [0, 0.1) is 0 Å². The predicted molar refractivity (Wildman–Crippen MR) is 116 cm³/mol. The van der Waals surface area contributed by atoms with Gasteiger partial charge in [0, 0.05) is 35.9 Å². The molecule has 1 aliphatic rings. The number of hydrogen-bond donors (Lipinski definition) is 2. The lowest BCUT2D eigenvalue weighted by atomic mass is 10.1. The van der Waals surface area contributed by atoms with Gasteiger partial charge in [0.25, 0.3) is 5.56 Å². The van der Waals surface area contributed by atoms with Crippen LogP contribution in [0.2, 0.25) is 0 Å². The van der Waals surface area contributed by atoms with Crippen LogP contribution in [-0.2, 0) is 16.0 Å². The van der Waals surface area contributed by atoms with Crippen molar-refractivity contribution in [3.63, 3.8) is 0 Å². The lowest BCUT2D eigenvalue weighted by Crippen LogP contribution is -2.30. The highest BCUT2D eigenvalue weighted by molar-refractivity contribution is 9.10. The zero-order valence-corrected chi connectivity index (χ0v) is 18.6. The summed E-state index contributed by atoms with van der Waals surface area (Å²) >= 11 is 3.40. The number of rotatable bonds is 3. The van der Waals surface area contributed by atoms with Crippen molar-refractivity contribution in [3.05, 3.63) is 68.9 Å². The molecule has 174 valence electrons. The van der Waals surface area contributed by atoms with Gasteiger partial charge in [0.1, 0.15) is 5.82 Å². The molecule has 3 aromatic rings. The number of aliphatic carboxylic acids is 1. The van der Waals surface area contributed by atoms with Crippen molar-refractivity contribution in [1.29, 1.82) is 0 Å². The van der Waals surface area contributed by atoms with E-state index >= 15 is 0 Å². The minimum Gasteiger partial charge on any atom is -0.475 e. The molecule has 0 spiro atoms. The van der Waals surface area contributed by atoms with E-state index in [4.69, 9.17) is 9.90 Å². The van der Waals surface area contributed by atoms with Crippen LogP contribution in [0.15, 0.2) is 52.0 Å². The molecule has 33 heavy (non-hydrogen) atoms. The van der Waals surface area contributed by atoms with Crippen LogP contribution in [0.5, 0.6) is 0 Å². The van der Waals surface area contributed by atoms with E-state index in [-0.39, 0.29) is 17.4 Å². The van der Waals surface area contributed by atoms with Crippen LogP contribution in [0.25, 0.3) is 10.9 Å². The van der Waals surface area contributed by atoms with Gasteiger partial charge in [-0.1, -0.05) is 28.1 Å². The molecule has 3 heterocycles. The summed E-state index contributed by atoms with van der Waals surface area (Å²) in [7, 11) is 0. The third-order valence-corrected chi connectivity index (χ3v) is 5.49. The normalized spacial score (nSPS) is 15.8. The van der Waals surface area contributed by atoms with Crippen molar-refractivity contribution in [2.75, 3.05) is 13.1 Å². The van der Waals surface area contributed by atoms with Gasteiger partial charge in [0.05, 0.1) is 17.3 Å². The summed E-state index contributed by atoms with van der Waals surface area (Å²) in [5, 5.41) is 7.61. The Hall–Kier alpha value is -3.28. The maximum atomic E-state index is 12.6. The van der Waals surface area contributed by atoms with Crippen LogP contribution in [0.1, 0.15) is 23.7 Å². The first kappa shape index (κ1) is 24.4. The number of alkyl halides is 3. The molecule has 12 heteroatoms. The minimum atomic E-state index is -5.08. The molecule has 1 saturated heterocycles. The first-order chi connectivity index (χ1) is 15.5. The number of aromatic nitrogens is 3. The first-order valence-corrected chi connectivity index (χ1v) is 10.5. The van der Waals surface area contributed by atoms with E-state index in [2.05, 4.69) is 30.9 Å². The first-order valence-electron chi connectivity index (χ1n) is 9.71. The van der Waals surface area contributed by atoms with E-state index in [1.54, 1.807) is 12.3 Å². The van der Waals surface area contributed by atoms with E-state index in [0.29, 0.717) is 36.2 Å². The third-order valence-electron chi connectivity index (χ3n) is 4.96. The van der Waals surface area contributed by atoms with Crippen molar-refractivity contribution in [1.82, 2.24) is 19.9 Å². The lowest BCUT2D eigenvalue weighted by molar-refractivity contribution is -0.192. The second-order valence-corrected chi connectivity index (χ2v) is 8.19. The molecule has 4 rings (SSSR count). The van der Waals surface area contributed by atoms with Gasteiger partial charge in [-0.15, -0.1) is 0 Å². The zero-order chi connectivity index (χ0) is 24.2. The molecule has 1 aliphatic heterocycles. The Morgan fingerprint density at radius 1 is 1.21 bits per heavy atom. The van der Waals surface area contributed by atoms with Gasteiger partial charge in [-0.2, -0.15) is 13.2 Å². The van der Waals surface area contributed by atoms with Gasteiger partial charge in [0.15, 0.2) is 0 Å². The minimum absolute atomic E-state index is 0.0501. The van der Waals surface area contributed by atoms with Crippen LogP contribution in [0.3, 0.4) is 0 Å². The summed E-state index contributed by atoms with van der Waals surface area (Å²) in [5.41, 5.74) is 1.45. The maximum Gasteiger partial charge on any atom is 0.490 e. The maximum absolute atomic E-state index is 12.6. The summed E-state index contributed by atoms with van der Waals surface area (Å²) in [6, 6.07) is 9.51. The Balaban J connectivity index is 0.000000383. The average Bonchev–Trinajstić information content (AvgIpc) is 3.26. The highest BCUT2D eigenvalue weighted by Gasteiger charge is 2.38. The van der Waals surface area contributed by atoms with Crippen LogP contribution in [-0.4, -0.2) is 56.1 Å². The van der Waals surface area contributed by atoms with Gasteiger partial charge >= 0.3 is 12.1 Å². The smallest absolute Gasteiger partial charge is 0.475 e. The molecule has 0 saturated carbocycles. The SMILES string of the molecule is O=C(Cc1ccc(Br)cc1)N1CCC(c2nc3ccncc3c(=O)[nH]2)C1.O=C(O)C(F)(F)F. The highest BCUT2D eigenvalue weighted by atomic mass is 79.9. The number of H-pyrrole nitrogens is 1. The summed E-state index contributed by atoms with van der Waals surface area (Å²) in [6.45, 7) is 1.26. The van der Waals surface area contributed by atoms with Gasteiger partial charge < -0.3 is 15.0 Å². The molecule has 1 unspecified atom stereocenters. The van der Waals surface area contributed by atoms with E-state index in [0.717, 1.165) is 16.5 Å². The molecule has 1 fully saturated rings. The fraction of sp³-hybridized carbons (Fsp3) is 0.286. The number of likely N-dealkylation sites (tertiary alicyclic amines) is 1. The van der Waals surface area contributed by atoms with Crippen LogP contribution < -0.4 is 5.56 Å². The number of nitrogens with one attached hydrogen (secondary N) is 1. The largest absolute Gasteiger partial charge is 0.490 e. The summed E-state index contributed by atoms with van der Waals surface area (Å²) in [4.78, 5) is 46.9. The summed E-state index contributed by atoms with van der Waals surface area (Å²) < 4.78 is 32.7. The van der Waals surface area contributed by atoms with E-state index in [9.17, 15) is 22.8 Å². The summed E-state index contributed by atoms with van der Waals surface area (Å²) in [6.07, 6.45) is -0.756. The van der Waals surface area contributed by atoms with Crippen molar-refractivity contribution < 1.29 is 27.9 Å². The lowest BCUT2D eigenvalue weighted by Gasteiger charge is -2.16. The van der Waals surface area contributed by atoms with Gasteiger partial charge in [-0.25, -0.2) is 9.78 Å². The monoisotopic (exact) mass is 526 g/mol. The van der Waals surface area contributed by atoms with Crippen molar-refractivity contribution in [2.24, 2.45) is 0 Å². The Morgan fingerprint density at radius 3 is 2.52 bits per heavy atom. The van der Waals surface area contributed by atoms with Crippen molar-refractivity contribution in [3.8, 4) is 0 Å². The van der Waals surface area contributed by atoms with Crippen LogP contribution in [0.4, 0.5) is 13.2 Å². The molecule has 1 amide bonds. The highest BCUT2D eigenvalue weighted by Crippen LogP contribution is 2.25. The fourth-order valence-corrected chi connectivity index (χ4v) is 3.56. The quantitative estimate of drug-likeness (QED) is 0.541. The van der Waals surface area contributed by atoms with Crippen LogP contribution >= 0.6 is 15.9 Å². The molecule has 2 aromatic heterocycles. The topological polar surface area (TPSA) is 116 Å². The molecule has 2 N–H and O–H groups in total. The second kappa shape index (κ2) is 10.1. The van der Waals surface area contributed by atoms with E-state index < -0.39 is 12.1 Å². The Morgan fingerprint density at radius 2 is 1.88 bits per heavy atom. The molecule has 0 radical (unpaired) electrons. The number of carbonyl (C=O) groups excluding carboxylic acids is 1. The van der Waals surface area contributed by atoms with Crippen molar-refractivity contribution >= 4 is 38.7 Å². The van der Waals surface area contributed by atoms with Gasteiger partial charge in [-0.3, -0.25) is 14.6 Å². The molecular formula is C21H18BrF3N4O4. The number of aromatic amines is 1. The Bertz CT molecular complexity index is 1210. The van der Waals surface area contributed by atoms with Crippen molar-refractivity contribution in [2.45, 2.75) is 24.9 Å². The molecular weight excluding hydrogens is 509 g/mol. The Kier molecular flexibility index (Phi) is 7.46. The number of pyridine rings is 1. The molecule has 8 nitrogen and oxygen atoms in total. The summed E-state index contributed by atoms with van der Waals surface area (Å²) in [5.74, 6) is -1.96. The standard InChI is InChI=1S/C19H17BrN4O2.C2HF3O2/c20-14-3-1-12(2-4-14)9-17(25)24-8-6-13(11-24)18-22-16-5-7-21-10-15(16)19(26)23-18;3-2(4,5)1(6)7/h1-5,7,10,13H,6,8-9,11H2,(H,22,23,26);(H,6,7). The number of hydrogen-bond acceptors (Lipinski definition) is 5. The number of nitrogens with zero attached hydrogens (tertiary/aromatic N) is 3. The molecule has 1 atom stereocenters. The molecule has 1 aromatic carbocycles. The predicted octanol–water partition coefficient (Wildman–Crippen LogP) is 3.27.